The SMILES string of the molecule is CSCC[C@H](N)C(=O)N(C)Cc1nc2c(s1)CCCC2.Cl. The van der Waals surface area contributed by atoms with Gasteiger partial charge >= 0.3 is 0 Å². The fraction of sp³-hybridized carbons (Fsp3) is 0.714. The second kappa shape index (κ2) is 8.98. The lowest BCUT2D eigenvalue weighted by Gasteiger charge is -2.20. The summed E-state index contributed by atoms with van der Waals surface area (Å²) >= 11 is 3.48. The van der Waals surface area contributed by atoms with E-state index in [-0.39, 0.29) is 24.4 Å². The Morgan fingerprint density at radius 2 is 2.19 bits per heavy atom. The molecule has 1 aliphatic rings. The monoisotopic (exact) mass is 349 g/mol. The molecule has 1 amide bonds. The molecule has 0 spiro atoms. The number of thioether (sulfide) groups is 1. The summed E-state index contributed by atoms with van der Waals surface area (Å²) in [5.41, 5.74) is 7.19. The Morgan fingerprint density at radius 1 is 1.48 bits per heavy atom. The van der Waals surface area contributed by atoms with Gasteiger partial charge in [-0.2, -0.15) is 11.8 Å². The fourth-order valence-electron chi connectivity index (χ4n) is 2.41. The van der Waals surface area contributed by atoms with Crippen LogP contribution in [0.1, 0.15) is 34.8 Å². The molecule has 0 aliphatic heterocycles. The van der Waals surface area contributed by atoms with E-state index >= 15 is 0 Å². The van der Waals surface area contributed by atoms with Crippen molar-refractivity contribution in [1.82, 2.24) is 9.88 Å². The zero-order valence-corrected chi connectivity index (χ0v) is 15.1. The lowest BCUT2D eigenvalue weighted by Crippen LogP contribution is -2.41. The minimum atomic E-state index is -0.387. The Labute approximate surface area is 141 Å². The standard InChI is InChI=1S/C14H23N3OS2.ClH/c1-17(14(18)10(15)7-8-19-2)9-13-16-11-5-3-4-6-12(11)20-13;/h10H,3-9,15H2,1-2H3;1H/t10-;/m0./s1. The van der Waals surface area contributed by atoms with Crippen LogP contribution in [0.5, 0.6) is 0 Å². The third-order valence-electron chi connectivity index (χ3n) is 3.59. The molecule has 0 fully saturated rings. The number of fused-ring (bicyclic) bond motifs is 1. The Hall–Kier alpha value is -0.300. The first kappa shape index (κ1) is 18.7. The third-order valence-corrected chi connectivity index (χ3v) is 5.37. The van der Waals surface area contributed by atoms with Gasteiger partial charge in [0.1, 0.15) is 5.01 Å². The summed E-state index contributed by atoms with van der Waals surface area (Å²) in [5.74, 6) is 0.943. The van der Waals surface area contributed by atoms with Gasteiger partial charge in [-0.15, -0.1) is 23.7 Å². The summed E-state index contributed by atoms with van der Waals surface area (Å²) < 4.78 is 0. The zero-order valence-electron chi connectivity index (χ0n) is 12.6. The molecule has 2 N–H and O–H groups in total. The number of rotatable bonds is 6. The molecule has 4 nitrogen and oxygen atoms in total. The van der Waals surface area contributed by atoms with Gasteiger partial charge in [-0.3, -0.25) is 4.79 Å². The third kappa shape index (κ3) is 5.13. The Balaban J connectivity index is 0.00000220. The summed E-state index contributed by atoms with van der Waals surface area (Å²) in [6.07, 6.45) is 7.52. The number of hydrogen-bond acceptors (Lipinski definition) is 5. The molecule has 1 aromatic heterocycles. The average molecular weight is 350 g/mol. The normalized spacial score (nSPS) is 15.0. The van der Waals surface area contributed by atoms with E-state index in [0.29, 0.717) is 6.54 Å². The van der Waals surface area contributed by atoms with E-state index in [1.54, 1.807) is 28.0 Å². The summed E-state index contributed by atoms with van der Waals surface area (Å²) in [4.78, 5) is 20.0. The van der Waals surface area contributed by atoms with Gasteiger partial charge in [0.05, 0.1) is 18.3 Å². The lowest BCUT2D eigenvalue weighted by atomic mass is 10.0. The second-order valence-electron chi connectivity index (χ2n) is 5.27. The minimum Gasteiger partial charge on any atom is -0.338 e. The van der Waals surface area contributed by atoms with Gasteiger partial charge in [-0.1, -0.05) is 0 Å². The molecule has 1 atom stereocenters. The first-order chi connectivity index (χ1) is 9.61. The molecule has 0 aromatic carbocycles. The molecular formula is C14H24ClN3OS2. The molecule has 2 rings (SSSR count). The number of aryl methyl sites for hydroxylation is 2. The lowest BCUT2D eigenvalue weighted by molar-refractivity contribution is -0.131. The van der Waals surface area contributed by atoms with Crippen molar-refractivity contribution in [3.63, 3.8) is 0 Å². The predicted octanol–water partition coefficient (Wildman–Crippen LogP) is 2.48. The molecule has 0 saturated heterocycles. The summed E-state index contributed by atoms with van der Waals surface area (Å²) in [7, 11) is 1.82. The van der Waals surface area contributed by atoms with E-state index in [2.05, 4.69) is 4.98 Å². The van der Waals surface area contributed by atoms with Gasteiger partial charge < -0.3 is 10.6 Å². The minimum absolute atomic E-state index is 0. The molecule has 0 unspecified atom stereocenters. The smallest absolute Gasteiger partial charge is 0.239 e. The fourth-order valence-corrected chi connectivity index (χ4v) is 4.11. The van der Waals surface area contributed by atoms with Crippen molar-refractivity contribution >= 4 is 41.4 Å². The van der Waals surface area contributed by atoms with Crippen LogP contribution in [-0.4, -0.2) is 40.9 Å². The highest BCUT2D eigenvalue weighted by molar-refractivity contribution is 7.98. The van der Waals surface area contributed by atoms with E-state index in [1.807, 2.05) is 13.3 Å². The van der Waals surface area contributed by atoms with Crippen molar-refractivity contribution < 1.29 is 4.79 Å². The topological polar surface area (TPSA) is 59.2 Å². The van der Waals surface area contributed by atoms with Crippen LogP contribution in [0.15, 0.2) is 0 Å². The van der Waals surface area contributed by atoms with Crippen LogP contribution in [0.3, 0.4) is 0 Å². The number of likely N-dealkylation sites (N-methyl/N-ethyl adjacent to an activating group) is 1. The van der Waals surface area contributed by atoms with E-state index in [1.165, 1.54) is 23.4 Å². The Kier molecular flexibility index (Phi) is 8.02. The van der Waals surface area contributed by atoms with Gasteiger partial charge in [0.2, 0.25) is 5.91 Å². The molecule has 1 aromatic rings. The molecule has 0 bridgehead atoms. The zero-order chi connectivity index (χ0) is 14.5. The first-order valence-corrected chi connectivity index (χ1v) is 9.29. The number of nitrogens with two attached hydrogens (primary N) is 1. The van der Waals surface area contributed by atoms with Crippen molar-refractivity contribution in [2.24, 2.45) is 5.73 Å². The maximum atomic E-state index is 12.2. The van der Waals surface area contributed by atoms with E-state index in [0.717, 1.165) is 30.0 Å². The van der Waals surface area contributed by atoms with Crippen molar-refractivity contribution in [3.8, 4) is 0 Å². The van der Waals surface area contributed by atoms with Gasteiger partial charge in [0.15, 0.2) is 0 Å². The van der Waals surface area contributed by atoms with Gasteiger partial charge in [0, 0.05) is 11.9 Å². The van der Waals surface area contributed by atoms with E-state index in [9.17, 15) is 4.79 Å². The summed E-state index contributed by atoms with van der Waals surface area (Å²) in [6.45, 7) is 0.587. The van der Waals surface area contributed by atoms with Gasteiger partial charge in [0.25, 0.3) is 0 Å². The first-order valence-electron chi connectivity index (χ1n) is 7.08. The Bertz CT molecular complexity index is 444. The molecule has 1 heterocycles. The number of carbonyl (C=O) groups is 1. The molecule has 120 valence electrons. The van der Waals surface area contributed by atoms with Crippen LogP contribution in [0, 0.1) is 0 Å². The Morgan fingerprint density at radius 3 is 2.86 bits per heavy atom. The summed E-state index contributed by atoms with van der Waals surface area (Å²) in [6, 6.07) is -0.387. The van der Waals surface area contributed by atoms with Crippen molar-refractivity contribution in [2.75, 3.05) is 19.1 Å². The van der Waals surface area contributed by atoms with Gasteiger partial charge in [-0.05, 0) is 44.1 Å². The largest absolute Gasteiger partial charge is 0.338 e. The molecule has 21 heavy (non-hydrogen) atoms. The molecule has 0 radical (unpaired) electrons. The number of halogens is 1. The average Bonchev–Trinajstić information content (AvgIpc) is 2.85. The molecule has 1 aliphatic carbocycles. The molecule has 7 heteroatoms. The van der Waals surface area contributed by atoms with Crippen LogP contribution >= 0.6 is 35.5 Å². The number of hydrogen-bond donors (Lipinski definition) is 1. The second-order valence-corrected chi connectivity index (χ2v) is 7.42. The number of nitrogens with zero attached hydrogens (tertiary/aromatic N) is 2. The predicted molar refractivity (Wildman–Crippen MR) is 93.5 cm³/mol. The van der Waals surface area contributed by atoms with E-state index < -0.39 is 0 Å². The highest BCUT2D eigenvalue weighted by Gasteiger charge is 2.20. The van der Waals surface area contributed by atoms with Crippen molar-refractivity contribution in [3.05, 3.63) is 15.6 Å². The highest BCUT2D eigenvalue weighted by Crippen LogP contribution is 2.27. The maximum Gasteiger partial charge on any atom is 0.239 e. The van der Waals surface area contributed by atoms with Crippen molar-refractivity contribution in [1.29, 1.82) is 0 Å². The van der Waals surface area contributed by atoms with Crippen LogP contribution in [0.4, 0.5) is 0 Å². The van der Waals surface area contributed by atoms with Gasteiger partial charge in [-0.25, -0.2) is 4.98 Å². The highest BCUT2D eigenvalue weighted by atomic mass is 35.5. The summed E-state index contributed by atoms with van der Waals surface area (Å²) in [5, 5.41) is 1.05. The quantitative estimate of drug-likeness (QED) is 0.857. The van der Waals surface area contributed by atoms with Crippen LogP contribution in [0.2, 0.25) is 0 Å². The van der Waals surface area contributed by atoms with E-state index in [4.69, 9.17) is 5.73 Å². The van der Waals surface area contributed by atoms with Crippen LogP contribution < -0.4 is 5.73 Å². The number of amides is 1. The van der Waals surface area contributed by atoms with Crippen molar-refractivity contribution in [2.45, 2.75) is 44.7 Å². The van der Waals surface area contributed by atoms with Crippen LogP contribution in [0.25, 0.3) is 0 Å². The maximum absolute atomic E-state index is 12.2. The van der Waals surface area contributed by atoms with Crippen LogP contribution in [-0.2, 0) is 24.2 Å². The number of aromatic nitrogens is 1. The number of carbonyl (C=O) groups excluding carboxylic acids is 1. The molecule has 0 saturated carbocycles. The molecular weight excluding hydrogens is 326 g/mol. The number of thiazole rings is 1.